The molecule has 0 saturated carbocycles. The van der Waals surface area contributed by atoms with Gasteiger partial charge in [-0.25, -0.2) is 4.68 Å². The number of hydrogen-bond acceptors (Lipinski definition) is 3. The van der Waals surface area contributed by atoms with Gasteiger partial charge in [0.1, 0.15) is 0 Å². The van der Waals surface area contributed by atoms with E-state index in [4.69, 9.17) is 23.2 Å². The summed E-state index contributed by atoms with van der Waals surface area (Å²) in [6.45, 7) is -2.49. The van der Waals surface area contributed by atoms with Crippen molar-refractivity contribution in [2.45, 2.75) is 13.1 Å². The van der Waals surface area contributed by atoms with E-state index in [9.17, 15) is 13.6 Å². The molecule has 0 radical (unpaired) electrons. The Balaban J connectivity index is 1.70. The SMILES string of the molecule is O=C(Nc1ccn(Cc2c(Cl)cccc2Cl)n1)c1ccn(C(F)F)n1. The second kappa shape index (κ2) is 7.20. The van der Waals surface area contributed by atoms with Gasteiger partial charge in [-0.3, -0.25) is 9.48 Å². The van der Waals surface area contributed by atoms with E-state index in [1.165, 1.54) is 6.07 Å². The number of carbonyl (C=O) groups excluding carboxylic acids is 1. The zero-order valence-electron chi connectivity index (χ0n) is 12.5. The number of hydrogen-bond donors (Lipinski definition) is 1. The molecule has 0 aliphatic carbocycles. The Hall–Kier alpha value is -2.45. The number of anilines is 1. The maximum atomic E-state index is 12.5. The van der Waals surface area contributed by atoms with Gasteiger partial charge in [0.05, 0.1) is 6.54 Å². The standard InChI is InChI=1S/C15H11Cl2F2N5O/c16-10-2-1-3-11(17)9(10)8-23-6-5-13(22-23)20-14(25)12-4-7-24(21-12)15(18)19/h1-7,15H,8H2,(H,20,22,25). The van der Waals surface area contributed by atoms with Crippen LogP contribution >= 0.6 is 23.2 Å². The molecule has 10 heteroatoms. The largest absolute Gasteiger partial charge is 0.333 e. The summed E-state index contributed by atoms with van der Waals surface area (Å²) in [5.74, 6) is -0.389. The van der Waals surface area contributed by atoms with Gasteiger partial charge < -0.3 is 5.32 Å². The van der Waals surface area contributed by atoms with E-state index in [0.717, 1.165) is 6.20 Å². The van der Waals surface area contributed by atoms with E-state index in [1.54, 1.807) is 35.1 Å². The van der Waals surface area contributed by atoms with Crippen LogP contribution in [0.1, 0.15) is 22.6 Å². The quantitative estimate of drug-likeness (QED) is 0.719. The van der Waals surface area contributed by atoms with Crippen LogP contribution < -0.4 is 5.32 Å². The summed E-state index contributed by atoms with van der Waals surface area (Å²) in [7, 11) is 0. The lowest BCUT2D eigenvalue weighted by atomic mass is 10.2. The second-order valence-corrected chi connectivity index (χ2v) is 5.83. The lowest BCUT2D eigenvalue weighted by Crippen LogP contribution is -2.14. The fourth-order valence-corrected chi connectivity index (χ4v) is 2.63. The summed E-state index contributed by atoms with van der Waals surface area (Å²) in [6, 6.07) is 7.93. The molecule has 0 aliphatic heterocycles. The van der Waals surface area contributed by atoms with Crippen molar-refractivity contribution in [3.8, 4) is 0 Å². The van der Waals surface area contributed by atoms with E-state index < -0.39 is 12.5 Å². The third-order valence-corrected chi connectivity index (χ3v) is 4.01. The van der Waals surface area contributed by atoms with Crippen molar-refractivity contribution in [1.82, 2.24) is 19.6 Å². The molecule has 1 amide bonds. The monoisotopic (exact) mass is 385 g/mol. The van der Waals surface area contributed by atoms with Crippen LogP contribution in [0.15, 0.2) is 42.7 Å². The van der Waals surface area contributed by atoms with Crippen LogP contribution in [0.4, 0.5) is 14.6 Å². The molecule has 130 valence electrons. The number of alkyl halides is 2. The third-order valence-electron chi connectivity index (χ3n) is 3.31. The average Bonchev–Trinajstić information content (AvgIpc) is 3.20. The van der Waals surface area contributed by atoms with Crippen molar-refractivity contribution >= 4 is 34.9 Å². The summed E-state index contributed by atoms with van der Waals surface area (Å²) >= 11 is 12.2. The van der Waals surface area contributed by atoms with Crippen molar-refractivity contribution < 1.29 is 13.6 Å². The van der Waals surface area contributed by atoms with Crippen LogP contribution in [0.3, 0.4) is 0 Å². The van der Waals surface area contributed by atoms with Gasteiger partial charge in [0.2, 0.25) is 0 Å². The molecule has 1 aromatic carbocycles. The van der Waals surface area contributed by atoms with E-state index >= 15 is 0 Å². The van der Waals surface area contributed by atoms with Crippen molar-refractivity contribution in [2.24, 2.45) is 0 Å². The maximum Gasteiger partial charge on any atom is 0.333 e. The molecular weight excluding hydrogens is 375 g/mol. The number of amides is 1. The predicted molar refractivity (Wildman–Crippen MR) is 89.2 cm³/mol. The van der Waals surface area contributed by atoms with Gasteiger partial charge >= 0.3 is 6.55 Å². The number of carbonyl (C=O) groups is 1. The molecule has 0 spiro atoms. The molecule has 0 fully saturated rings. The number of nitrogens with zero attached hydrogens (tertiary/aromatic N) is 4. The molecule has 0 saturated heterocycles. The number of nitrogens with one attached hydrogen (secondary N) is 1. The first kappa shape index (κ1) is 17.4. The van der Waals surface area contributed by atoms with Gasteiger partial charge in [-0.1, -0.05) is 29.3 Å². The first-order valence-electron chi connectivity index (χ1n) is 7.05. The molecule has 0 bridgehead atoms. The lowest BCUT2D eigenvalue weighted by molar-refractivity contribution is 0.0561. The van der Waals surface area contributed by atoms with Crippen LogP contribution in [-0.4, -0.2) is 25.5 Å². The van der Waals surface area contributed by atoms with Gasteiger partial charge in [0.25, 0.3) is 5.91 Å². The minimum atomic E-state index is -2.80. The molecule has 3 rings (SSSR count). The van der Waals surface area contributed by atoms with E-state index in [1.807, 2.05) is 0 Å². The molecule has 3 aromatic rings. The Morgan fingerprint density at radius 1 is 1.12 bits per heavy atom. The summed E-state index contributed by atoms with van der Waals surface area (Å²) < 4.78 is 26.9. The Morgan fingerprint density at radius 2 is 1.84 bits per heavy atom. The highest BCUT2D eigenvalue weighted by Crippen LogP contribution is 2.25. The molecule has 0 aliphatic rings. The summed E-state index contributed by atoms with van der Waals surface area (Å²) in [5.41, 5.74) is 0.562. The highest BCUT2D eigenvalue weighted by Gasteiger charge is 2.15. The van der Waals surface area contributed by atoms with Crippen LogP contribution in [0.25, 0.3) is 0 Å². The Morgan fingerprint density at radius 3 is 2.48 bits per heavy atom. The zero-order chi connectivity index (χ0) is 18.0. The minimum Gasteiger partial charge on any atom is -0.304 e. The van der Waals surface area contributed by atoms with Gasteiger partial charge in [0, 0.05) is 34.1 Å². The highest BCUT2D eigenvalue weighted by molar-refractivity contribution is 6.35. The van der Waals surface area contributed by atoms with Gasteiger partial charge in [0.15, 0.2) is 11.5 Å². The lowest BCUT2D eigenvalue weighted by Gasteiger charge is -2.06. The number of aromatic nitrogens is 4. The van der Waals surface area contributed by atoms with Crippen LogP contribution in [0, 0.1) is 0 Å². The normalized spacial score (nSPS) is 11.1. The van der Waals surface area contributed by atoms with E-state index in [2.05, 4.69) is 15.5 Å². The van der Waals surface area contributed by atoms with Crippen LogP contribution in [0.2, 0.25) is 10.0 Å². The first-order chi connectivity index (χ1) is 11.9. The van der Waals surface area contributed by atoms with Crippen molar-refractivity contribution in [1.29, 1.82) is 0 Å². The summed E-state index contributed by atoms with van der Waals surface area (Å²) in [4.78, 5) is 12.0. The van der Waals surface area contributed by atoms with Crippen molar-refractivity contribution in [2.75, 3.05) is 5.32 Å². The average molecular weight is 386 g/mol. The first-order valence-corrected chi connectivity index (χ1v) is 7.80. The predicted octanol–water partition coefficient (Wildman–Crippen LogP) is 4.08. The summed E-state index contributed by atoms with van der Waals surface area (Å²) in [5, 5.41) is 11.2. The number of rotatable bonds is 5. The van der Waals surface area contributed by atoms with E-state index in [0.29, 0.717) is 26.8 Å². The molecule has 2 heterocycles. The molecule has 2 aromatic heterocycles. The molecular formula is C15H11Cl2F2N5O. The third kappa shape index (κ3) is 3.97. The Kier molecular flexibility index (Phi) is 5.00. The van der Waals surface area contributed by atoms with E-state index in [-0.39, 0.29) is 11.5 Å². The van der Waals surface area contributed by atoms with Gasteiger partial charge in [-0.2, -0.15) is 19.0 Å². The second-order valence-electron chi connectivity index (χ2n) is 5.01. The number of benzene rings is 1. The Bertz CT molecular complexity index is 889. The molecule has 0 atom stereocenters. The number of halogens is 4. The van der Waals surface area contributed by atoms with Crippen molar-refractivity contribution in [3.05, 3.63) is 64.0 Å². The highest BCUT2D eigenvalue weighted by atomic mass is 35.5. The molecule has 0 unspecified atom stereocenters. The smallest absolute Gasteiger partial charge is 0.304 e. The van der Waals surface area contributed by atoms with Crippen LogP contribution in [0.5, 0.6) is 0 Å². The fraction of sp³-hybridized carbons (Fsp3) is 0.133. The van der Waals surface area contributed by atoms with Crippen LogP contribution in [-0.2, 0) is 6.54 Å². The molecule has 25 heavy (non-hydrogen) atoms. The fourth-order valence-electron chi connectivity index (χ4n) is 2.11. The topological polar surface area (TPSA) is 64.7 Å². The minimum absolute atomic E-state index is 0.135. The van der Waals surface area contributed by atoms with Crippen molar-refractivity contribution in [3.63, 3.8) is 0 Å². The maximum absolute atomic E-state index is 12.5. The molecule has 6 nitrogen and oxygen atoms in total. The molecule has 1 N–H and O–H groups in total. The Labute approximate surface area is 151 Å². The summed E-state index contributed by atoms with van der Waals surface area (Å²) in [6.07, 6.45) is 2.66. The zero-order valence-corrected chi connectivity index (χ0v) is 14.0. The van der Waals surface area contributed by atoms with Gasteiger partial charge in [-0.05, 0) is 18.2 Å². The van der Waals surface area contributed by atoms with Gasteiger partial charge in [-0.15, -0.1) is 0 Å².